The van der Waals surface area contributed by atoms with Gasteiger partial charge in [0.1, 0.15) is 11.5 Å². The summed E-state index contributed by atoms with van der Waals surface area (Å²) >= 11 is 0. The summed E-state index contributed by atoms with van der Waals surface area (Å²) in [6, 6.07) is 28.7. The minimum absolute atomic E-state index is 0.0768. The summed E-state index contributed by atoms with van der Waals surface area (Å²) in [6.07, 6.45) is 0. The van der Waals surface area contributed by atoms with Gasteiger partial charge in [0, 0.05) is 0 Å². The molecule has 0 bridgehead atoms. The number of carboxylic acids is 1. The summed E-state index contributed by atoms with van der Waals surface area (Å²) in [4.78, 5) is 23.7. The third-order valence-electron chi connectivity index (χ3n) is 4.45. The molecule has 0 saturated heterocycles. The Morgan fingerprint density at radius 3 is 1.69 bits per heavy atom. The molecule has 158 valence electrons. The fourth-order valence-electron chi connectivity index (χ4n) is 2.89. The van der Waals surface area contributed by atoms with Gasteiger partial charge in [-0.1, -0.05) is 42.5 Å². The fraction of sp³-hybridized carbons (Fsp3) is 0. The Kier molecular flexibility index (Phi) is 6.13. The number of ether oxygens (including phenoxy) is 3. The van der Waals surface area contributed by atoms with Gasteiger partial charge in [0.25, 0.3) is 0 Å². The number of esters is 1. The van der Waals surface area contributed by atoms with Crippen molar-refractivity contribution in [3.05, 3.63) is 114 Å². The topological polar surface area (TPSA) is 82.1 Å². The zero-order valence-corrected chi connectivity index (χ0v) is 16.8. The second-order valence-electron chi connectivity index (χ2n) is 6.69. The second-order valence-corrected chi connectivity index (χ2v) is 6.69. The van der Waals surface area contributed by atoms with Crippen molar-refractivity contribution in [1.82, 2.24) is 0 Å². The first-order valence-corrected chi connectivity index (χ1v) is 9.74. The quantitative estimate of drug-likeness (QED) is 0.280. The van der Waals surface area contributed by atoms with Gasteiger partial charge in [0.2, 0.25) is 5.75 Å². The number of rotatable bonds is 7. The normalized spacial score (nSPS) is 10.2. The van der Waals surface area contributed by atoms with Crippen LogP contribution in [0.1, 0.15) is 20.7 Å². The number of hydrogen-bond acceptors (Lipinski definition) is 5. The minimum atomic E-state index is -1.07. The van der Waals surface area contributed by atoms with E-state index in [4.69, 9.17) is 19.3 Å². The third kappa shape index (κ3) is 4.94. The van der Waals surface area contributed by atoms with E-state index in [9.17, 15) is 9.59 Å². The van der Waals surface area contributed by atoms with Crippen LogP contribution in [0.3, 0.4) is 0 Å². The molecule has 4 rings (SSSR count). The predicted octanol–water partition coefficient (Wildman–Crippen LogP) is 6.19. The van der Waals surface area contributed by atoms with Gasteiger partial charge in [-0.3, -0.25) is 0 Å². The Hall–Kier alpha value is -4.58. The Bertz CT molecular complexity index is 1220. The number of carbonyl (C=O) groups is 2. The molecule has 0 amide bonds. The average Bonchev–Trinajstić information content (AvgIpc) is 2.82. The van der Waals surface area contributed by atoms with E-state index in [2.05, 4.69) is 0 Å². The maximum absolute atomic E-state index is 12.7. The second kappa shape index (κ2) is 9.49. The lowest BCUT2D eigenvalue weighted by atomic mass is 10.1. The van der Waals surface area contributed by atoms with E-state index in [0.717, 1.165) is 0 Å². The molecule has 0 aromatic heterocycles. The van der Waals surface area contributed by atoms with Crippen molar-refractivity contribution in [2.24, 2.45) is 0 Å². The average molecular weight is 426 g/mol. The van der Waals surface area contributed by atoms with Crippen molar-refractivity contribution in [2.75, 3.05) is 0 Å². The van der Waals surface area contributed by atoms with E-state index >= 15 is 0 Å². The monoisotopic (exact) mass is 426 g/mol. The molecule has 32 heavy (non-hydrogen) atoms. The number of carboxylic acid groups (broad SMARTS) is 1. The number of aromatic carboxylic acids is 1. The van der Waals surface area contributed by atoms with Crippen molar-refractivity contribution >= 4 is 11.9 Å². The lowest BCUT2D eigenvalue weighted by Gasteiger charge is -2.16. The van der Waals surface area contributed by atoms with Crippen LogP contribution in [0.15, 0.2) is 103 Å². The number of carbonyl (C=O) groups excluding carboxylic acids is 1. The molecule has 4 aromatic rings. The number of benzene rings is 4. The van der Waals surface area contributed by atoms with Crippen LogP contribution in [-0.4, -0.2) is 17.0 Å². The van der Waals surface area contributed by atoms with Crippen LogP contribution in [0.5, 0.6) is 28.7 Å². The van der Waals surface area contributed by atoms with Crippen LogP contribution in [0.4, 0.5) is 0 Å². The highest BCUT2D eigenvalue weighted by Crippen LogP contribution is 2.42. The molecule has 0 radical (unpaired) electrons. The molecule has 0 spiro atoms. The lowest BCUT2D eigenvalue weighted by Crippen LogP contribution is -2.10. The maximum atomic E-state index is 12.7. The molecule has 6 nitrogen and oxygen atoms in total. The molecule has 0 heterocycles. The van der Waals surface area contributed by atoms with Gasteiger partial charge in [0.05, 0.1) is 11.1 Å². The van der Waals surface area contributed by atoms with Crippen molar-refractivity contribution in [3.63, 3.8) is 0 Å². The Balaban J connectivity index is 1.66. The van der Waals surface area contributed by atoms with Crippen molar-refractivity contribution < 1.29 is 28.9 Å². The molecule has 0 atom stereocenters. The lowest BCUT2D eigenvalue weighted by molar-refractivity contribution is 0.0691. The summed E-state index contributed by atoms with van der Waals surface area (Å²) in [7, 11) is 0. The first-order chi connectivity index (χ1) is 15.6. The van der Waals surface area contributed by atoms with Crippen LogP contribution in [-0.2, 0) is 0 Å². The van der Waals surface area contributed by atoms with E-state index in [1.165, 1.54) is 24.3 Å². The van der Waals surface area contributed by atoms with Gasteiger partial charge >= 0.3 is 11.9 Å². The van der Waals surface area contributed by atoms with Gasteiger partial charge in [0.15, 0.2) is 11.5 Å². The number of para-hydroxylation sites is 3. The van der Waals surface area contributed by atoms with Crippen molar-refractivity contribution in [1.29, 1.82) is 0 Å². The van der Waals surface area contributed by atoms with Gasteiger partial charge in [-0.25, -0.2) is 9.59 Å². The molecule has 0 aliphatic heterocycles. The van der Waals surface area contributed by atoms with Crippen LogP contribution in [0.2, 0.25) is 0 Å². The van der Waals surface area contributed by atoms with E-state index in [-0.39, 0.29) is 22.6 Å². The first kappa shape index (κ1) is 20.7. The van der Waals surface area contributed by atoms with Crippen molar-refractivity contribution in [2.45, 2.75) is 0 Å². The minimum Gasteiger partial charge on any atom is -0.478 e. The first-order valence-electron chi connectivity index (χ1n) is 9.74. The Morgan fingerprint density at radius 1 is 0.562 bits per heavy atom. The molecule has 0 aliphatic carbocycles. The van der Waals surface area contributed by atoms with Crippen molar-refractivity contribution in [3.8, 4) is 28.7 Å². The SMILES string of the molecule is O=C(O)c1ccc(C(=O)Oc2cccc(Oc3ccccc3)c2Oc2ccccc2)cc1. The molecule has 0 unspecified atom stereocenters. The largest absolute Gasteiger partial charge is 0.478 e. The van der Waals surface area contributed by atoms with E-state index in [1.54, 1.807) is 42.5 Å². The summed E-state index contributed by atoms with van der Waals surface area (Å²) in [6.45, 7) is 0. The zero-order valence-electron chi connectivity index (χ0n) is 16.8. The molecule has 0 saturated carbocycles. The van der Waals surface area contributed by atoms with E-state index in [0.29, 0.717) is 17.2 Å². The predicted molar refractivity (Wildman–Crippen MR) is 118 cm³/mol. The standard InChI is InChI=1S/C26H18O6/c27-25(28)18-14-16-19(17-15-18)26(29)32-23-13-7-12-22(30-20-8-3-1-4-9-20)24(23)31-21-10-5-2-6-11-21/h1-17H,(H,27,28). The van der Waals surface area contributed by atoms with E-state index < -0.39 is 11.9 Å². The molecular weight excluding hydrogens is 408 g/mol. The molecule has 0 fully saturated rings. The Labute approximate surface area is 184 Å². The molecule has 4 aromatic carbocycles. The molecule has 0 aliphatic rings. The summed E-state index contributed by atoms with van der Waals surface area (Å²) < 4.78 is 17.6. The highest BCUT2D eigenvalue weighted by Gasteiger charge is 2.19. The fourth-order valence-corrected chi connectivity index (χ4v) is 2.89. The van der Waals surface area contributed by atoms with Gasteiger partial charge in [-0.2, -0.15) is 0 Å². The highest BCUT2D eigenvalue weighted by atomic mass is 16.6. The van der Waals surface area contributed by atoms with Gasteiger partial charge in [-0.05, 0) is 60.7 Å². The third-order valence-corrected chi connectivity index (χ3v) is 4.45. The van der Waals surface area contributed by atoms with Crippen LogP contribution in [0, 0.1) is 0 Å². The van der Waals surface area contributed by atoms with Gasteiger partial charge in [-0.15, -0.1) is 0 Å². The summed E-state index contributed by atoms with van der Waals surface area (Å²) in [5, 5.41) is 9.03. The van der Waals surface area contributed by atoms with Crippen LogP contribution < -0.4 is 14.2 Å². The van der Waals surface area contributed by atoms with Crippen LogP contribution in [0.25, 0.3) is 0 Å². The zero-order chi connectivity index (χ0) is 22.3. The summed E-state index contributed by atoms with van der Waals surface area (Å²) in [5.41, 5.74) is 0.281. The molecule has 1 N–H and O–H groups in total. The van der Waals surface area contributed by atoms with Gasteiger partial charge < -0.3 is 19.3 Å². The highest BCUT2D eigenvalue weighted by molar-refractivity contribution is 5.93. The Morgan fingerprint density at radius 2 is 1.09 bits per heavy atom. The number of hydrogen-bond donors (Lipinski definition) is 1. The summed E-state index contributed by atoms with van der Waals surface area (Å²) in [5.74, 6) is 0.169. The molecular formula is C26H18O6. The van der Waals surface area contributed by atoms with Crippen LogP contribution >= 0.6 is 0 Å². The van der Waals surface area contributed by atoms with E-state index in [1.807, 2.05) is 36.4 Å². The molecule has 6 heteroatoms. The maximum Gasteiger partial charge on any atom is 0.343 e. The smallest absolute Gasteiger partial charge is 0.343 e.